The number of carbonyl (C=O) groups excluding carboxylic acids is 1. The molecule has 1 saturated heterocycles. The number of nitrogens with one attached hydrogen (secondary N) is 1. The van der Waals surface area contributed by atoms with Crippen LogP contribution in [-0.4, -0.2) is 58.8 Å². The van der Waals surface area contributed by atoms with E-state index in [0.29, 0.717) is 24.5 Å². The van der Waals surface area contributed by atoms with Crippen molar-refractivity contribution >= 4 is 42.8 Å². The van der Waals surface area contributed by atoms with Gasteiger partial charge in [-0.15, -0.1) is 11.3 Å². The number of thiophene rings is 1. The summed E-state index contributed by atoms with van der Waals surface area (Å²) >= 11 is 1.07. The summed E-state index contributed by atoms with van der Waals surface area (Å²) < 4.78 is 54.8. The molecule has 0 radical (unpaired) electrons. The number of ether oxygens (including phenoxy) is 1. The van der Waals surface area contributed by atoms with E-state index in [-0.39, 0.29) is 22.1 Å². The first kappa shape index (κ1) is 21.8. The van der Waals surface area contributed by atoms with Crippen molar-refractivity contribution in [3.63, 3.8) is 0 Å². The van der Waals surface area contributed by atoms with Gasteiger partial charge in [-0.1, -0.05) is 6.07 Å². The third-order valence-corrected chi connectivity index (χ3v) is 8.22. The minimum Gasteiger partial charge on any atom is -0.492 e. The van der Waals surface area contributed by atoms with Crippen LogP contribution in [-0.2, 0) is 19.9 Å². The normalized spacial score (nSPS) is 15.3. The zero-order valence-corrected chi connectivity index (χ0v) is 18.3. The molecule has 0 spiro atoms. The van der Waals surface area contributed by atoms with Crippen molar-refractivity contribution in [3.8, 4) is 5.75 Å². The molecule has 29 heavy (non-hydrogen) atoms. The van der Waals surface area contributed by atoms with Crippen LogP contribution in [0.5, 0.6) is 5.75 Å². The topological polar surface area (TPSA) is 110 Å². The third kappa shape index (κ3) is 5.56. The summed E-state index contributed by atoms with van der Waals surface area (Å²) in [6, 6.07) is 7.96. The smallest absolute Gasteiger partial charge is 0.267 e. The van der Waals surface area contributed by atoms with Gasteiger partial charge in [-0.25, -0.2) is 16.8 Å². The second-order valence-electron chi connectivity index (χ2n) is 6.69. The predicted molar refractivity (Wildman–Crippen MR) is 112 cm³/mol. The van der Waals surface area contributed by atoms with Gasteiger partial charge < -0.3 is 10.1 Å². The van der Waals surface area contributed by atoms with E-state index >= 15 is 0 Å². The lowest BCUT2D eigenvalue weighted by atomic mass is 10.3. The number of anilines is 1. The first-order valence-corrected chi connectivity index (χ1v) is 13.3. The van der Waals surface area contributed by atoms with Gasteiger partial charge in [-0.2, -0.15) is 4.31 Å². The first-order chi connectivity index (χ1) is 13.7. The molecule has 1 aliphatic heterocycles. The van der Waals surface area contributed by atoms with E-state index in [4.69, 9.17) is 4.74 Å². The van der Waals surface area contributed by atoms with Gasteiger partial charge in [0.25, 0.3) is 5.91 Å². The lowest BCUT2D eigenvalue weighted by Crippen LogP contribution is -2.29. The number of rotatable bonds is 8. The Labute approximate surface area is 174 Å². The van der Waals surface area contributed by atoms with Crippen LogP contribution in [0.15, 0.2) is 40.6 Å². The highest BCUT2D eigenvalue weighted by Crippen LogP contribution is 2.28. The number of nitrogens with zero attached hydrogens (tertiary/aromatic N) is 1. The molecule has 1 aromatic carbocycles. The van der Waals surface area contributed by atoms with Crippen molar-refractivity contribution < 1.29 is 26.4 Å². The molecular weight excluding hydrogens is 436 g/mol. The zero-order valence-electron chi connectivity index (χ0n) is 15.8. The number of hydrogen-bond donors (Lipinski definition) is 1. The van der Waals surface area contributed by atoms with Crippen LogP contribution in [0, 0.1) is 0 Å². The Morgan fingerprint density at radius 1 is 1.17 bits per heavy atom. The minimum atomic E-state index is -3.70. The van der Waals surface area contributed by atoms with Gasteiger partial charge in [0.1, 0.15) is 22.1 Å². The van der Waals surface area contributed by atoms with Gasteiger partial charge in [0.2, 0.25) is 10.0 Å². The summed E-state index contributed by atoms with van der Waals surface area (Å²) in [5, 5.41) is 4.27. The Bertz CT molecular complexity index is 1090. The van der Waals surface area contributed by atoms with E-state index in [1.54, 1.807) is 29.6 Å². The number of sulfone groups is 1. The SMILES string of the molecule is CS(=O)(=O)CCOc1cccc(NC(=O)c2sccc2S(=O)(=O)N2CCCC2)c1. The molecule has 0 saturated carbocycles. The molecule has 158 valence electrons. The summed E-state index contributed by atoms with van der Waals surface area (Å²) in [6.45, 7) is 0.928. The number of sulfonamides is 1. The second-order valence-corrected chi connectivity index (χ2v) is 11.8. The van der Waals surface area contributed by atoms with E-state index in [1.807, 2.05) is 0 Å². The van der Waals surface area contributed by atoms with Crippen LogP contribution >= 0.6 is 11.3 Å². The average Bonchev–Trinajstić information content (AvgIpc) is 3.33. The molecule has 1 amide bonds. The van der Waals surface area contributed by atoms with E-state index in [9.17, 15) is 21.6 Å². The van der Waals surface area contributed by atoms with Gasteiger partial charge in [0.15, 0.2) is 9.84 Å². The van der Waals surface area contributed by atoms with E-state index in [0.717, 1.165) is 30.4 Å². The van der Waals surface area contributed by atoms with Gasteiger partial charge in [-0.05, 0) is 36.4 Å². The van der Waals surface area contributed by atoms with Crippen molar-refractivity contribution in [1.29, 1.82) is 0 Å². The summed E-state index contributed by atoms with van der Waals surface area (Å²) in [6.07, 6.45) is 2.76. The molecule has 0 aliphatic carbocycles. The molecule has 0 unspecified atom stereocenters. The predicted octanol–water partition coefficient (Wildman–Crippen LogP) is 2.21. The van der Waals surface area contributed by atoms with Crippen LogP contribution < -0.4 is 10.1 Å². The minimum absolute atomic E-state index is 0.000611. The second kappa shape index (κ2) is 8.82. The molecule has 2 heterocycles. The van der Waals surface area contributed by atoms with Crippen molar-refractivity contribution in [3.05, 3.63) is 40.6 Å². The zero-order chi connectivity index (χ0) is 21.1. The Hall–Kier alpha value is -1.95. The Morgan fingerprint density at radius 2 is 1.90 bits per heavy atom. The van der Waals surface area contributed by atoms with Crippen molar-refractivity contribution in [2.75, 3.05) is 37.0 Å². The quantitative estimate of drug-likeness (QED) is 0.649. The summed E-state index contributed by atoms with van der Waals surface area (Å²) in [7, 11) is -6.83. The molecule has 3 rings (SSSR count). The van der Waals surface area contributed by atoms with Crippen LogP contribution in [0.4, 0.5) is 5.69 Å². The van der Waals surface area contributed by atoms with Crippen LogP contribution in [0.1, 0.15) is 22.5 Å². The standard InChI is InChI=1S/C18H22N2O6S3/c1-28(22,23)12-10-26-15-6-4-5-14(13-15)19-18(21)17-16(7-11-27-17)29(24,25)20-8-2-3-9-20/h4-7,11,13H,2-3,8-10,12H2,1H3,(H,19,21). The monoisotopic (exact) mass is 458 g/mol. The lowest BCUT2D eigenvalue weighted by Gasteiger charge is -2.15. The molecule has 2 aromatic rings. The molecule has 1 fully saturated rings. The van der Waals surface area contributed by atoms with Gasteiger partial charge in [0.05, 0.1) is 5.75 Å². The molecule has 1 N–H and O–H groups in total. The van der Waals surface area contributed by atoms with E-state index in [2.05, 4.69) is 5.32 Å². The van der Waals surface area contributed by atoms with Crippen LogP contribution in [0.25, 0.3) is 0 Å². The summed E-state index contributed by atoms with van der Waals surface area (Å²) in [5.74, 6) is -0.232. The van der Waals surface area contributed by atoms with Gasteiger partial charge in [0, 0.05) is 31.1 Å². The maximum absolute atomic E-state index is 12.8. The first-order valence-electron chi connectivity index (χ1n) is 8.96. The van der Waals surface area contributed by atoms with Gasteiger partial charge >= 0.3 is 0 Å². The Morgan fingerprint density at radius 3 is 2.59 bits per heavy atom. The Balaban J connectivity index is 1.72. The van der Waals surface area contributed by atoms with E-state index in [1.165, 1.54) is 10.4 Å². The largest absolute Gasteiger partial charge is 0.492 e. The highest BCUT2D eigenvalue weighted by molar-refractivity contribution is 7.90. The number of hydrogen-bond acceptors (Lipinski definition) is 7. The fraction of sp³-hybridized carbons (Fsp3) is 0.389. The summed E-state index contributed by atoms with van der Waals surface area (Å²) in [4.78, 5) is 12.9. The molecular formula is C18H22N2O6S3. The van der Waals surface area contributed by atoms with Crippen molar-refractivity contribution in [1.82, 2.24) is 4.31 Å². The summed E-state index contributed by atoms with van der Waals surface area (Å²) in [5.41, 5.74) is 0.421. The number of carbonyl (C=O) groups is 1. The van der Waals surface area contributed by atoms with Gasteiger partial charge in [-0.3, -0.25) is 4.79 Å². The molecule has 1 aliphatic rings. The van der Waals surface area contributed by atoms with Crippen molar-refractivity contribution in [2.45, 2.75) is 17.7 Å². The Kier molecular flexibility index (Phi) is 6.62. The fourth-order valence-corrected chi connectivity index (χ4v) is 6.10. The van der Waals surface area contributed by atoms with Crippen LogP contribution in [0.3, 0.4) is 0 Å². The molecule has 8 nitrogen and oxygen atoms in total. The molecule has 1 aromatic heterocycles. The maximum atomic E-state index is 12.8. The molecule has 0 atom stereocenters. The van der Waals surface area contributed by atoms with Crippen molar-refractivity contribution in [2.24, 2.45) is 0 Å². The fourth-order valence-electron chi connectivity index (χ4n) is 2.90. The lowest BCUT2D eigenvalue weighted by molar-refractivity contribution is 0.102. The number of benzene rings is 1. The highest BCUT2D eigenvalue weighted by atomic mass is 32.2. The third-order valence-electron chi connectivity index (χ3n) is 4.33. The number of amides is 1. The van der Waals surface area contributed by atoms with E-state index < -0.39 is 25.8 Å². The molecule has 11 heteroatoms. The highest BCUT2D eigenvalue weighted by Gasteiger charge is 2.31. The molecule has 0 bridgehead atoms. The average molecular weight is 459 g/mol. The maximum Gasteiger partial charge on any atom is 0.267 e. The van der Waals surface area contributed by atoms with Crippen LogP contribution in [0.2, 0.25) is 0 Å².